The van der Waals surface area contributed by atoms with Crippen molar-refractivity contribution in [3.63, 3.8) is 0 Å². The molecule has 596 valence electrons. The lowest BCUT2D eigenvalue weighted by molar-refractivity contribution is -0.164. The van der Waals surface area contributed by atoms with Crippen LogP contribution in [0.5, 0.6) is 0 Å². The number of hydrogen-bond donors (Lipinski definition) is 6. The van der Waals surface area contributed by atoms with Crippen molar-refractivity contribution in [3.8, 4) is 39.3 Å². The third-order valence-corrected chi connectivity index (χ3v) is 21.9. The number of benzene rings is 3. The van der Waals surface area contributed by atoms with Crippen LogP contribution in [0.3, 0.4) is 0 Å². The number of aliphatic hydroxyl groups excluding tert-OH is 4. The summed E-state index contributed by atoms with van der Waals surface area (Å²) in [6.07, 6.45) is 30.5. The first-order valence-corrected chi connectivity index (χ1v) is 39.6. The molecule has 12 heterocycles. The molecular weight excluding hydrogens is 1530 g/mol. The topological polar surface area (TPSA) is 383 Å². The molecule has 3 aliphatic carbocycles. The van der Waals surface area contributed by atoms with Gasteiger partial charge in [-0.15, -0.1) is 27.7 Å². The molecule has 6 N–H and O–H groups in total. The Hall–Kier alpha value is -9.24. The summed E-state index contributed by atoms with van der Waals surface area (Å²) < 4.78 is 46.4. The van der Waals surface area contributed by atoms with Crippen molar-refractivity contribution in [2.24, 2.45) is 5.92 Å². The second-order valence-corrected chi connectivity index (χ2v) is 31.1. The van der Waals surface area contributed by atoms with Crippen molar-refractivity contribution in [2.45, 2.75) is 204 Å². The van der Waals surface area contributed by atoms with Gasteiger partial charge in [0.25, 0.3) is 0 Å². The minimum atomic E-state index is -0.364. The van der Waals surface area contributed by atoms with E-state index in [1.807, 2.05) is 107 Å². The van der Waals surface area contributed by atoms with Gasteiger partial charge < -0.3 is 59.3 Å². The number of nitrogens with one attached hydrogen (secondary N) is 2. The number of aliphatic hydroxyl groups is 4. The second-order valence-electron chi connectivity index (χ2n) is 30.2. The van der Waals surface area contributed by atoms with Gasteiger partial charge in [-0.2, -0.15) is 39.3 Å². The summed E-state index contributed by atoms with van der Waals surface area (Å²) in [5, 5.41) is 83.1. The van der Waals surface area contributed by atoms with E-state index in [4.69, 9.17) is 38.3 Å². The molecule has 12 aromatic rings. The number of nitrogens with zero attached hydrogens (tertiary/aromatic N) is 21. The Kier molecular flexibility index (Phi) is 26.3. The Bertz CT molecular complexity index is 5020. The fourth-order valence-electron chi connectivity index (χ4n) is 14.4. The van der Waals surface area contributed by atoms with Crippen LogP contribution in [-0.2, 0) is 54.3 Å². The van der Waals surface area contributed by atoms with Gasteiger partial charge in [0.1, 0.15) is 5.82 Å². The maximum absolute atomic E-state index is 9.78. The summed E-state index contributed by atoms with van der Waals surface area (Å²) >= 11 is 3.42. The maximum atomic E-state index is 9.78. The molecule has 0 bridgehead atoms. The summed E-state index contributed by atoms with van der Waals surface area (Å²) in [6, 6.07) is 24.2. The third kappa shape index (κ3) is 20.3. The van der Waals surface area contributed by atoms with Crippen LogP contribution in [0.2, 0.25) is 0 Å². The number of halogens is 2. The van der Waals surface area contributed by atoms with Crippen LogP contribution < -0.4 is 16.1 Å². The summed E-state index contributed by atoms with van der Waals surface area (Å²) in [5.41, 5.74) is 10.9. The first-order valence-electron chi connectivity index (χ1n) is 38.8. The number of anilines is 2. The standard InChI is InChI=1S/C25H30N8O3.C21H23N7O2.C16H27BN2O4.C15H15BrN6O.ClH/c34-21-9-6-19(13-21)28-25-26-15-22-24(29-25)33(31-30-22)20-7-4-17(5-8-20)18-14-27-32(16-18)10-12-36-23-3-1-2-11-35-23;29-8-7-27-13-16(11-23-27)15-2-4-17(5-3-15)28-21-19(25-26-28)12-22-20(24-21)10-14-1-6-18(30)9-14;1-15(2)16(3,4)23-17(22-15)13-11-18-19(12-13)8-10-21-14-7-5-6-9-20-14;16-9-1-4-11(5-2-9)22-14-13(20-21-22)8-17-15(19-14)18-10-3-6-12(23)7-10;/h4-5,7-8,14-16,19,21,23,34H,1-3,6,9-13H2,(H,26,28,29);2-5,11-14,18,29-30H,1,6-10H2;11-12,14H,5-10H2,1-4H3;1-2,4-5,8,10,12,23H,3,6-7H2,(H,17,18,19);1H/t19-,21-,23?;14-,18-;;10-,12-;/m00.0./s1. The molecule has 8 atom stereocenters. The van der Waals surface area contributed by atoms with Gasteiger partial charge in [-0.1, -0.05) is 55.8 Å². The number of rotatable bonds is 22. The van der Waals surface area contributed by atoms with Gasteiger partial charge in [0, 0.05) is 77.6 Å². The van der Waals surface area contributed by atoms with Crippen molar-refractivity contribution in [1.82, 2.24) is 104 Å². The van der Waals surface area contributed by atoms with Gasteiger partial charge in [-0.3, -0.25) is 14.0 Å². The third-order valence-electron chi connectivity index (χ3n) is 21.3. The van der Waals surface area contributed by atoms with E-state index < -0.39 is 0 Å². The van der Waals surface area contributed by atoms with E-state index in [1.54, 1.807) is 49.7 Å². The summed E-state index contributed by atoms with van der Waals surface area (Å²) in [6.45, 7) is 12.9. The highest BCUT2D eigenvalue weighted by molar-refractivity contribution is 9.10. The molecule has 3 saturated heterocycles. The smallest absolute Gasteiger partial charge is 0.399 e. The fourth-order valence-corrected chi connectivity index (χ4v) is 14.7. The van der Waals surface area contributed by atoms with Crippen LogP contribution in [0.1, 0.15) is 130 Å². The van der Waals surface area contributed by atoms with Crippen molar-refractivity contribution in [1.29, 1.82) is 0 Å². The van der Waals surface area contributed by atoms with Gasteiger partial charge >= 0.3 is 7.12 Å². The summed E-state index contributed by atoms with van der Waals surface area (Å²) in [7, 11) is -0.364. The Morgan fingerprint density at radius 1 is 0.496 bits per heavy atom. The molecule has 0 spiro atoms. The van der Waals surface area contributed by atoms with Crippen LogP contribution >= 0.6 is 28.3 Å². The van der Waals surface area contributed by atoms with Crippen LogP contribution in [0.4, 0.5) is 11.9 Å². The van der Waals surface area contributed by atoms with E-state index in [0.717, 1.165) is 158 Å². The second kappa shape index (κ2) is 36.9. The number of hydrogen-bond acceptors (Lipinski definition) is 27. The molecular formula is C77H96BBrClN23O10. The molecule has 36 heteroatoms. The predicted molar refractivity (Wildman–Crippen MR) is 426 cm³/mol. The Balaban J connectivity index is 0.000000127. The molecule has 6 aliphatic rings. The van der Waals surface area contributed by atoms with E-state index in [-0.39, 0.29) is 80.3 Å². The molecule has 3 aromatic carbocycles. The van der Waals surface area contributed by atoms with E-state index in [9.17, 15) is 15.3 Å². The first-order chi connectivity index (χ1) is 54.5. The van der Waals surface area contributed by atoms with Gasteiger partial charge in [-0.25, -0.2) is 19.9 Å². The molecule has 113 heavy (non-hydrogen) atoms. The molecule has 3 aliphatic heterocycles. The van der Waals surface area contributed by atoms with Crippen molar-refractivity contribution in [3.05, 3.63) is 139 Å². The molecule has 3 saturated carbocycles. The molecule has 33 nitrogen and oxygen atoms in total. The molecule has 18 rings (SSSR count). The lowest BCUT2D eigenvalue weighted by Crippen LogP contribution is -2.41. The Morgan fingerprint density at radius 3 is 1.39 bits per heavy atom. The van der Waals surface area contributed by atoms with Crippen molar-refractivity contribution >= 4 is 86.3 Å². The van der Waals surface area contributed by atoms with Crippen LogP contribution in [0, 0.1) is 5.92 Å². The monoisotopic (exact) mass is 1630 g/mol. The van der Waals surface area contributed by atoms with E-state index in [0.29, 0.717) is 90.6 Å². The SMILES string of the molecule is CC1(C)OB(c2cnn(CCOC3CCCCO3)c2)OC1(C)C.Cl.OCCn1cc(-c2ccc(-n3nnc4cnc(C[C@H]5CC[C@H](O)C5)nc43)cc2)cn1.O[C@H]1CC[C@H](Nc2ncc3nnn(-c4ccc(-c5cnn(CCOC6CCCCO6)c5)cc4)c3n2)C1.O[C@H]1CC[C@H](Nc2ncc3nnn(-c4ccc(Br)cc4)c3n2)C1. The van der Waals surface area contributed by atoms with Crippen LogP contribution in [0.25, 0.3) is 72.8 Å². The number of ether oxygens (including phenoxy) is 4. The lowest BCUT2D eigenvalue weighted by atomic mass is 9.82. The zero-order valence-electron chi connectivity index (χ0n) is 63.7. The zero-order valence-corrected chi connectivity index (χ0v) is 66.1. The zero-order chi connectivity index (χ0) is 77.1. The Labute approximate surface area is 667 Å². The average Bonchev–Trinajstić information content (AvgIpc) is 1.63. The highest BCUT2D eigenvalue weighted by atomic mass is 79.9. The summed E-state index contributed by atoms with van der Waals surface area (Å²) in [5.74, 6) is 2.25. The Morgan fingerprint density at radius 2 is 0.938 bits per heavy atom. The molecule has 9 aromatic heterocycles. The lowest BCUT2D eigenvalue weighted by Gasteiger charge is -2.32. The fraction of sp³-hybridized carbons (Fsp3) is 0.494. The quantitative estimate of drug-likeness (QED) is 0.0344. The molecule has 0 amide bonds. The van der Waals surface area contributed by atoms with Gasteiger partial charge in [0.15, 0.2) is 46.1 Å². The van der Waals surface area contributed by atoms with E-state index in [2.05, 4.69) is 125 Å². The minimum absolute atomic E-state index is 0. The highest BCUT2D eigenvalue weighted by Gasteiger charge is 2.52. The largest absolute Gasteiger partial charge is 0.498 e. The van der Waals surface area contributed by atoms with E-state index >= 15 is 0 Å². The normalized spacial score (nSPS) is 21.8. The minimum Gasteiger partial charge on any atom is -0.399 e. The van der Waals surface area contributed by atoms with Crippen molar-refractivity contribution in [2.75, 3.05) is 43.7 Å². The number of aromatic nitrogens is 21. The van der Waals surface area contributed by atoms with Gasteiger partial charge in [0.05, 0.1) is 117 Å². The van der Waals surface area contributed by atoms with Gasteiger partial charge in [-0.05, 0) is 190 Å². The molecule has 0 radical (unpaired) electrons. The average molecular weight is 1630 g/mol. The predicted octanol–water partition coefficient (Wildman–Crippen LogP) is 9.16. The maximum Gasteiger partial charge on any atom is 0.498 e. The summed E-state index contributed by atoms with van der Waals surface area (Å²) in [4.78, 5) is 27.0. The highest BCUT2D eigenvalue weighted by Crippen LogP contribution is 2.37. The molecule has 6 fully saturated rings. The van der Waals surface area contributed by atoms with Gasteiger partial charge in [0.2, 0.25) is 11.9 Å². The van der Waals surface area contributed by atoms with Crippen molar-refractivity contribution < 1.29 is 48.7 Å². The number of fused-ring (bicyclic) bond motifs is 3. The van der Waals surface area contributed by atoms with E-state index in [1.165, 1.54) is 6.42 Å². The van der Waals surface area contributed by atoms with Crippen LogP contribution in [0.15, 0.2) is 133 Å². The first kappa shape index (κ1) is 80.4. The van der Waals surface area contributed by atoms with Crippen LogP contribution in [-0.4, -0.2) is 219 Å². The molecule has 2 unspecified atom stereocenters.